The normalized spacial score (nSPS) is 14.1. The van der Waals surface area contributed by atoms with Crippen molar-refractivity contribution >= 4 is 55.9 Å². The summed E-state index contributed by atoms with van der Waals surface area (Å²) in [6.07, 6.45) is 0. The van der Waals surface area contributed by atoms with Gasteiger partial charge < -0.3 is 14.4 Å². The third-order valence-electron chi connectivity index (χ3n) is 9.23. The van der Waals surface area contributed by atoms with E-state index in [1.807, 2.05) is 0 Å². The zero-order valence-corrected chi connectivity index (χ0v) is 23.6. The van der Waals surface area contributed by atoms with Gasteiger partial charge in [-0.2, -0.15) is 0 Å². The SMILES string of the molecule is CC1(C)c2ccccc2N2c3c(cccc31)-n1c3ccccc3c3cc(N(c4ccccc4)c4ccccc4)cc2c31. The molecule has 6 aromatic carbocycles. The summed E-state index contributed by atoms with van der Waals surface area (Å²) in [6.45, 7) is 4.72. The Morgan fingerprint density at radius 2 is 1.12 bits per heavy atom. The molecule has 3 heteroatoms. The molecule has 0 saturated heterocycles. The minimum Gasteiger partial charge on any atom is -0.310 e. The van der Waals surface area contributed by atoms with Gasteiger partial charge in [0.1, 0.15) is 0 Å². The third-order valence-corrected chi connectivity index (χ3v) is 9.23. The van der Waals surface area contributed by atoms with E-state index >= 15 is 0 Å². The van der Waals surface area contributed by atoms with Gasteiger partial charge >= 0.3 is 0 Å². The van der Waals surface area contributed by atoms with Crippen LogP contribution in [-0.4, -0.2) is 4.57 Å². The number of hydrogen-bond donors (Lipinski definition) is 0. The molecular weight excluding hydrogens is 510 g/mol. The molecule has 200 valence electrons. The first-order chi connectivity index (χ1) is 20.6. The zero-order valence-electron chi connectivity index (χ0n) is 23.6. The van der Waals surface area contributed by atoms with Gasteiger partial charge in [0.2, 0.25) is 0 Å². The maximum Gasteiger partial charge on any atom is 0.0784 e. The van der Waals surface area contributed by atoms with Gasteiger partial charge in [0.15, 0.2) is 0 Å². The second-order valence-electron chi connectivity index (χ2n) is 11.9. The molecule has 0 aliphatic carbocycles. The van der Waals surface area contributed by atoms with Crippen LogP contribution in [-0.2, 0) is 5.41 Å². The predicted octanol–water partition coefficient (Wildman–Crippen LogP) is 10.7. The molecule has 0 atom stereocenters. The first-order valence-electron chi connectivity index (χ1n) is 14.6. The molecule has 0 N–H and O–H groups in total. The average molecular weight is 540 g/mol. The van der Waals surface area contributed by atoms with E-state index in [0.29, 0.717) is 0 Å². The molecule has 0 amide bonds. The van der Waals surface area contributed by atoms with Crippen molar-refractivity contribution < 1.29 is 0 Å². The Balaban J connectivity index is 1.45. The molecule has 9 rings (SSSR count). The van der Waals surface area contributed by atoms with E-state index in [1.165, 1.54) is 55.7 Å². The smallest absolute Gasteiger partial charge is 0.0784 e. The molecule has 42 heavy (non-hydrogen) atoms. The van der Waals surface area contributed by atoms with Gasteiger partial charge in [0, 0.05) is 33.2 Å². The van der Waals surface area contributed by atoms with Crippen LogP contribution in [0.2, 0.25) is 0 Å². The molecule has 3 nitrogen and oxygen atoms in total. The van der Waals surface area contributed by atoms with Crippen molar-refractivity contribution in [3.05, 3.63) is 151 Å². The lowest BCUT2D eigenvalue weighted by Gasteiger charge is -2.45. The lowest BCUT2D eigenvalue weighted by atomic mass is 9.73. The van der Waals surface area contributed by atoms with E-state index in [4.69, 9.17) is 0 Å². The molecule has 1 aromatic heterocycles. The van der Waals surface area contributed by atoms with Gasteiger partial charge in [-0.1, -0.05) is 98.8 Å². The fourth-order valence-corrected chi connectivity index (χ4v) is 7.38. The fourth-order valence-electron chi connectivity index (χ4n) is 7.38. The van der Waals surface area contributed by atoms with Gasteiger partial charge in [-0.25, -0.2) is 0 Å². The molecular formula is C39H29N3. The standard InChI is InChI=1S/C39H29N3/c1-39(2)31-19-10-12-22-34(31)42-36-25-28(40(26-14-5-3-6-15-26)27-16-7-4-8-17-27)24-30-29-18-9-11-21-33(29)41(37(30)36)35-23-13-20-32(39)38(35)42/h3-25H,1-2H3. The molecule has 0 saturated carbocycles. The first-order valence-corrected chi connectivity index (χ1v) is 14.6. The van der Waals surface area contributed by atoms with Crippen molar-refractivity contribution in [1.82, 2.24) is 4.57 Å². The maximum absolute atomic E-state index is 2.53. The lowest BCUT2D eigenvalue weighted by Crippen LogP contribution is -2.33. The van der Waals surface area contributed by atoms with Crippen molar-refractivity contribution in [2.45, 2.75) is 19.3 Å². The molecule has 0 fully saturated rings. The van der Waals surface area contributed by atoms with E-state index < -0.39 is 0 Å². The second kappa shape index (κ2) is 8.37. The Morgan fingerprint density at radius 3 is 1.88 bits per heavy atom. The molecule has 0 spiro atoms. The van der Waals surface area contributed by atoms with Crippen molar-refractivity contribution in [3.63, 3.8) is 0 Å². The number of nitrogens with zero attached hydrogens (tertiary/aromatic N) is 3. The highest BCUT2D eigenvalue weighted by atomic mass is 15.2. The topological polar surface area (TPSA) is 11.4 Å². The first kappa shape index (κ1) is 23.4. The van der Waals surface area contributed by atoms with E-state index in [9.17, 15) is 0 Å². The van der Waals surface area contributed by atoms with Crippen LogP contribution < -0.4 is 9.80 Å². The van der Waals surface area contributed by atoms with Gasteiger partial charge in [-0.05, 0) is 65.7 Å². The second-order valence-corrected chi connectivity index (χ2v) is 11.9. The summed E-state index contributed by atoms with van der Waals surface area (Å²) in [6, 6.07) is 50.8. The Kier molecular flexibility index (Phi) is 4.67. The van der Waals surface area contributed by atoms with Crippen LogP contribution in [0.15, 0.2) is 140 Å². The zero-order chi connectivity index (χ0) is 28.0. The molecule has 0 bridgehead atoms. The monoisotopic (exact) mass is 539 g/mol. The largest absolute Gasteiger partial charge is 0.310 e. The van der Waals surface area contributed by atoms with Gasteiger partial charge in [0.25, 0.3) is 0 Å². The highest BCUT2D eigenvalue weighted by Crippen LogP contribution is 2.59. The predicted molar refractivity (Wildman–Crippen MR) is 176 cm³/mol. The number of rotatable bonds is 3. The van der Waals surface area contributed by atoms with Crippen molar-refractivity contribution in [1.29, 1.82) is 0 Å². The minimum atomic E-state index is -0.129. The minimum absolute atomic E-state index is 0.129. The Bertz CT molecular complexity index is 2130. The summed E-state index contributed by atoms with van der Waals surface area (Å²) in [7, 11) is 0. The van der Waals surface area contributed by atoms with Crippen LogP contribution in [0.25, 0.3) is 27.5 Å². The molecule has 7 aromatic rings. The van der Waals surface area contributed by atoms with Crippen LogP contribution in [0.5, 0.6) is 0 Å². The lowest BCUT2D eigenvalue weighted by molar-refractivity contribution is 0.630. The number of benzene rings is 6. The number of fused-ring (bicyclic) bond motifs is 7. The molecule has 0 unspecified atom stereocenters. The van der Waals surface area contributed by atoms with Gasteiger partial charge in [-0.15, -0.1) is 0 Å². The fraction of sp³-hybridized carbons (Fsp3) is 0.0769. The maximum atomic E-state index is 2.53. The van der Waals surface area contributed by atoms with Crippen LogP contribution in [0.1, 0.15) is 25.0 Å². The van der Waals surface area contributed by atoms with Crippen molar-refractivity contribution in [2.75, 3.05) is 9.80 Å². The number of hydrogen-bond acceptors (Lipinski definition) is 2. The summed E-state index contributed by atoms with van der Waals surface area (Å²) in [5.74, 6) is 0. The Labute approximate surface area is 245 Å². The quantitative estimate of drug-likeness (QED) is 0.221. The Hall–Kier alpha value is -5.28. The number of para-hydroxylation sites is 5. The van der Waals surface area contributed by atoms with Gasteiger partial charge in [-0.3, -0.25) is 0 Å². The van der Waals surface area contributed by atoms with E-state index in [0.717, 1.165) is 17.1 Å². The summed E-state index contributed by atoms with van der Waals surface area (Å²) in [4.78, 5) is 4.91. The van der Waals surface area contributed by atoms with Crippen molar-refractivity contribution in [2.24, 2.45) is 0 Å². The highest BCUT2D eigenvalue weighted by Gasteiger charge is 2.41. The van der Waals surface area contributed by atoms with Crippen LogP contribution >= 0.6 is 0 Å². The van der Waals surface area contributed by atoms with Crippen molar-refractivity contribution in [3.8, 4) is 5.69 Å². The van der Waals surface area contributed by atoms with Crippen LogP contribution in [0.3, 0.4) is 0 Å². The average Bonchev–Trinajstić information content (AvgIpc) is 3.37. The number of aromatic nitrogens is 1. The summed E-state index contributed by atoms with van der Waals surface area (Å²) in [5.41, 5.74) is 13.4. The molecule has 2 aliphatic rings. The molecule has 2 aliphatic heterocycles. The van der Waals surface area contributed by atoms with E-state index in [1.54, 1.807) is 0 Å². The van der Waals surface area contributed by atoms with E-state index in [-0.39, 0.29) is 5.41 Å². The van der Waals surface area contributed by atoms with Crippen LogP contribution in [0, 0.1) is 0 Å². The van der Waals surface area contributed by atoms with Gasteiger partial charge in [0.05, 0.1) is 33.8 Å². The molecule has 0 radical (unpaired) electrons. The summed E-state index contributed by atoms with van der Waals surface area (Å²) in [5, 5.41) is 2.52. The van der Waals surface area contributed by atoms with Crippen LogP contribution in [0.4, 0.5) is 34.1 Å². The highest BCUT2D eigenvalue weighted by molar-refractivity contribution is 6.18. The Morgan fingerprint density at radius 1 is 0.500 bits per heavy atom. The summed E-state index contributed by atoms with van der Waals surface area (Å²) < 4.78 is 2.50. The van der Waals surface area contributed by atoms with E-state index in [2.05, 4.69) is 168 Å². The molecule has 3 heterocycles. The third kappa shape index (κ3) is 3.00. The summed E-state index contributed by atoms with van der Waals surface area (Å²) >= 11 is 0. The number of anilines is 6.